The third-order valence-electron chi connectivity index (χ3n) is 6.90. The Bertz CT molecular complexity index is 1440. The van der Waals surface area contributed by atoms with Gasteiger partial charge in [0, 0.05) is 72.6 Å². The number of primary amides is 1. The summed E-state index contributed by atoms with van der Waals surface area (Å²) >= 11 is 12.9. The number of benzene rings is 2. The van der Waals surface area contributed by atoms with Crippen molar-refractivity contribution in [2.24, 2.45) is 5.73 Å². The van der Waals surface area contributed by atoms with Gasteiger partial charge in [-0.05, 0) is 62.7 Å². The number of amides is 2. The summed E-state index contributed by atoms with van der Waals surface area (Å²) in [4.78, 5) is 33.4. The number of hydrogen-bond acceptors (Lipinski definition) is 7. The smallest absolute Gasteiger partial charge is 0.410 e. The van der Waals surface area contributed by atoms with E-state index in [1.54, 1.807) is 40.5 Å². The Morgan fingerprint density at radius 2 is 1.71 bits per heavy atom. The molecule has 3 heterocycles. The van der Waals surface area contributed by atoms with Gasteiger partial charge in [0.25, 0.3) is 0 Å². The number of nitrogens with one attached hydrogen (secondary N) is 1. The highest BCUT2D eigenvalue weighted by molar-refractivity contribution is 6.36. The van der Waals surface area contributed by atoms with Gasteiger partial charge in [-0.25, -0.2) is 9.78 Å². The first-order valence-corrected chi connectivity index (χ1v) is 14.1. The normalized spacial score (nSPS) is 17.1. The van der Waals surface area contributed by atoms with Gasteiger partial charge in [-0.2, -0.15) is 0 Å². The molecule has 2 aromatic carbocycles. The zero-order valence-electron chi connectivity index (χ0n) is 23.2. The number of carbonyl (C=O) groups excluding carboxylic acids is 2. The first-order chi connectivity index (χ1) is 19.5. The number of aromatic nitrogens is 2. The Hall–Kier alpha value is -3.89. The Labute approximate surface area is 249 Å². The number of fused-ring (bicyclic) bond motifs is 1. The highest BCUT2D eigenvalue weighted by atomic mass is 35.5. The van der Waals surface area contributed by atoms with E-state index >= 15 is 0 Å². The van der Waals surface area contributed by atoms with Crippen LogP contribution in [0.5, 0.6) is 0 Å². The topological polar surface area (TPSA) is 109 Å². The van der Waals surface area contributed by atoms with E-state index in [4.69, 9.17) is 33.7 Å². The van der Waals surface area contributed by atoms with Gasteiger partial charge in [-0.15, -0.1) is 0 Å². The van der Waals surface area contributed by atoms with E-state index in [-0.39, 0.29) is 6.09 Å². The number of nitrogens with zero attached hydrogens (tertiary/aromatic N) is 5. The SMILES string of the molecule is CC(C)(C)OC(=O)N1CCN(c2ccc(NN3C=C(Cc4c(Cl)cccc4Cl)n4ccnc4C3C(N)=O)cc2)CC1. The van der Waals surface area contributed by atoms with Crippen molar-refractivity contribution in [3.8, 4) is 0 Å². The molecule has 1 saturated heterocycles. The molecular formula is C29H33Cl2N7O3. The third-order valence-corrected chi connectivity index (χ3v) is 7.61. The summed E-state index contributed by atoms with van der Waals surface area (Å²) in [5, 5.41) is 2.78. The van der Waals surface area contributed by atoms with Gasteiger partial charge < -0.3 is 24.8 Å². The van der Waals surface area contributed by atoms with E-state index in [1.165, 1.54) is 0 Å². The van der Waals surface area contributed by atoms with Crippen molar-refractivity contribution < 1.29 is 14.3 Å². The molecule has 0 radical (unpaired) electrons. The number of halogens is 2. The van der Waals surface area contributed by atoms with Gasteiger partial charge in [-0.1, -0.05) is 29.3 Å². The van der Waals surface area contributed by atoms with Crippen molar-refractivity contribution in [2.75, 3.05) is 36.5 Å². The fourth-order valence-electron chi connectivity index (χ4n) is 4.93. The number of imidazole rings is 1. The van der Waals surface area contributed by atoms with Gasteiger partial charge in [-0.3, -0.25) is 15.2 Å². The van der Waals surface area contributed by atoms with E-state index in [9.17, 15) is 9.59 Å². The van der Waals surface area contributed by atoms with Crippen molar-refractivity contribution >= 4 is 52.3 Å². The predicted molar refractivity (Wildman–Crippen MR) is 161 cm³/mol. The van der Waals surface area contributed by atoms with Gasteiger partial charge >= 0.3 is 6.09 Å². The van der Waals surface area contributed by atoms with E-state index < -0.39 is 17.6 Å². The average Bonchev–Trinajstić information content (AvgIpc) is 3.40. The first-order valence-electron chi connectivity index (χ1n) is 13.3. The fraction of sp³-hybridized carbons (Fsp3) is 0.345. The second kappa shape index (κ2) is 11.5. The summed E-state index contributed by atoms with van der Waals surface area (Å²) in [6.45, 7) is 8.16. The maximum Gasteiger partial charge on any atom is 0.410 e. The number of hydrogen-bond donors (Lipinski definition) is 2. The number of hydrazine groups is 1. The first kappa shape index (κ1) is 28.6. The van der Waals surface area contributed by atoms with Crippen LogP contribution in [0.2, 0.25) is 10.0 Å². The van der Waals surface area contributed by atoms with Crippen LogP contribution in [-0.4, -0.2) is 63.2 Å². The minimum atomic E-state index is -0.837. The van der Waals surface area contributed by atoms with Crippen molar-refractivity contribution in [1.82, 2.24) is 19.5 Å². The average molecular weight is 599 g/mol. The molecule has 0 saturated carbocycles. The summed E-state index contributed by atoms with van der Waals surface area (Å²) < 4.78 is 7.34. The summed E-state index contributed by atoms with van der Waals surface area (Å²) in [6, 6.07) is 12.4. The van der Waals surface area contributed by atoms with E-state index in [0.29, 0.717) is 48.5 Å². The van der Waals surface area contributed by atoms with Gasteiger partial charge in [0.2, 0.25) is 5.91 Å². The molecule has 41 heavy (non-hydrogen) atoms. The van der Waals surface area contributed by atoms with E-state index in [1.807, 2.05) is 55.8 Å². The lowest BCUT2D eigenvalue weighted by molar-refractivity contribution is -0.122. The zero-order valence-corrected chi connectivity index (χ0v) is 24.7. The Balaban J connectivity index is 1.31. The molecule has 1 fully saturated rings. The van der Waals surface area contributed by atoms with Gasteiger partial charge in [0.05, 0.1) is 5.69 Å². The molecule has 0 spiro atoms. The monoisotopic (exact) mass is 597 g/mol. The number of nitrogens with two attached hydrogens (primary N) is 1. The molecule has 216 valence electrons. The maximum absolute atomic E-state index is 12.6. The highest BCUT2D eigenvalue weighted by Crippen LogP contribution is 2.34. The lowest BCUT2D eigenvalue weighted by Gasteiger charge is -2.37. The van der Waals surface area contributed by atoms with Crippen LogP contribution >= 0.6 is 23.2 Å². The number of piperazine rings is 1. The molecule has 12 heteroatoms. The summed E-state index contributed by atoms with van der Waals surface area (Å²) in [7, 11) is 0. The second-order valence-electron chi connectivity index (χ2n) is 11.0. The Morgan fingerprint density at radius 3 is 2.32 bits per heavy atom. The molecule has 3 aromatic rings. The molecule has 1 unspecified atom stereocenters. The quantitative estimate of drug-likeness (QED) is 0.404. The Morgan fingerprint density at radius 1 is 1.05 bits per heavy atom. The predicted octanol–water partition coefficient (Wildman–Crippen LogP) is 5.16. The van der Waals surface area contributed by atoms with Crippen LogP contribution < -0.4 is 16.1 Å². The molecule has 3 N–H and O–H groups in total. The number of anilines is 2. The Kier molecular flexibility index (Phi) is 8.06. The molecule has 10 nitrogen and oxygen atoms in total. The van der Waals surface area contributed by atoms with Crippen LogP contribution in [0.3, 0.4) is 0 Å². The molecule has 0 aliphatic carbocycles. The molecule has 1 atom stereocenters. The van der Waals surface area contributed by atoms with Crippen LogP contribution in [0.25, 0.3) is 5.70 Å². The highest BCUT2D eigenvalue weighted by Gasteiger charge is 2.34. The lowest BCUT2D eigenvalue weighted by atomic mass is 10.1. The van der Waals surface area contributed by atoms with Crippen LogP contribution in [0.15, 0.2) is 61.1 Å². The van der Waals surface area contributed by atoms with Crippen molar-refractivity contribution in [3.05, 3.63) is 82.5 Å². The number of ether oxygens (including phenoxy) is 1. The second-order valence-corrected chi connectivity index (χ2v) is 11.8. The molecule has 2 aliphatic heterocycles. The minimum absolute atomic E-state index is 0.285. The molecular weight excluding hydrogens is 565 g/mol. The molecule has 0 bridgehead atoms. The fourth-order valence-corrected chi connectivity index (χ4v) is 5.46. The zero-order chi connectivity index (χ0) is 29.3. The summed E-state index contributed by atoms with van der Waals surface area (Å²) in [5.74, 6) is -0.0549. The summed E-state index contributed by atoms with van der Waals surface area (Å²) in [6.07, 6.45) is 5.38. The number of carbonyl (C=O) groups is 2. The van der Waals surface area contributed by atoms with Gasteiger partial charge in [0.15, 0.2) is 6.04 Å². The van der Waals surface area contributed by atoms with Crippen molar-refractivity contribution in [2.45, 2.75) is 38.8 Å². The molecule has 2 amide bonds. The maximum atomic E-state index is 12.6. The standard InChI is InChI=1S/C29H33Cl2N7O3/c1-29(2,3)41-28(40)36-15-13-35(14-16-36)20-9-7-19(8-10-20)34-38-18-21(17-22-23(30)5-4-6-24(22)31)37-12-11-33-27(37)25(38)26(32)39/h4-12,18,25,34H,13-17H2,1-3H3,(H2,32,39). The van der Waals surface area contributed by atoms with Crippen LogP contribution in [0.4, 0.5) is 16.2 Å². The summed E-state index contributed by atoms with van der Waals surface area (Å²) in [5.41, 5.74) is 12.0. The molecule has 5 rings (SSSR count). The molecule has 2 aliphatic rings. The van der Waals surface area contributed by atoms with E-state index in [0.717, 1.165) is 22.6 Å². The van der Waals surface area contributed by atoms with Crippen LogP contribution in [0.1, 0.15) is 38.2 Å². The lowest BCUT2D eigenvalue weighted by Crippen LogP contribution is -2.50. The minimum Gasteiger partial charge on any atom is -0.444 e. The number of allylic oxidation sites excluding steroid dienone is 1. The largest absolute Gasteiger partial charge is 0.444 e. The number of rotatable bonds is 6. The van der Waals surface area contributed by atoms with Crippen LogP contribution in [-0.2, 0) is 16.0 Å². The van der Waals surface area contributed by atoms with Crippen molar-refractivity contribution in [3.63, 3.8) is 0 Å². The van der Waals surface area contributed by atoms with E-state index in [2.05, 4.69) is 15.3 Å². The van der Waals surface area contributed by atoms with Gasteiger partial charge in [0.1, 0.15) is 11.4 Å². The molecule has 1 aromatic heterocycles. The van der Waals surface area contributed by atoms with Crippen molar-refractivity contribution in [1.29, 1.82) is 0 Å². The third kappa shape index (κ3) is 6.39. The van der Waals surface area contributed by atoms with Crippen LogP contribution in [0, 0.1) is 0 Å².